The molecular formula is C10H7Br2N3O2. The number of para-hydroxylation sites is 1. The van der Waals surface area contributed by atoms with Crippen molar-refractivity contribution in [1.29, 1.82) is 0 Å². The topological polar surface area (TPSA) is 68.0 Å². The molecule has 2 aromatic rings. The van der Waals surface area contributed by atoms with Crippen LogP contribution in [0, 0.1) is 0 Å². The molecule has 0 unspecified atom stereocenters. The minimum Gasteiger partial charge on any atom is -0.481 e. The molecule has 0 aliphatic heterocycles. The quantitative estimate of drug-likeness (QED) is 0.912. The van der Waals surface area contributed by atoms with Gasteiger partial charge in [-0.1, -0.05) is 11.3 Å². The summed E-state index contributed by atoms with van der Waals surface area (Å²) in [7, 11) is 0. The van der Waals surface area contributed by atoms with Crippen molar-refractivity contribution in [2.45, 2.75) is 6.42 Å². The average molecular weight is 361 g/mol. The second-order valence-corrected chi connectivity index (χ2v) is 4.99. The first-order chi connectivity index (χ1) is 8.09. The lowest BCUT2D eigenvalue weighted by Gasteiger charge is -2.08. The highest BCUT2D eigenvalue weighted by Gasteiger charge is 2.14. The molecule has 17 heavy (non-hydrogen) atoms. The molecule has 88 valence electrons. The Labute approximate surface area is 114 Å². The Morgan fingerprint density at radius 1 is 1.35 bits per heavy atom. The fraction of sp³-hybridized carbons (Fsp3) is 0.100. The van der Waals surface area contributed by atoms with Gasteiger partial charge >= 0.3 is 5.97 Å². The molecule has 1 aromatic carbocycles. The molecule has 2 rings (SSSR count). The molecule has 0 saturated carbocycles. The molecule has 0 amide bonds. The zero-order valence-electron chi connectivity index (χ0n) is 8.47. The van der Waals surface area contributed by atoms with Gasteiger partial charge in [0, 0.05) is 8.95 Å². The van der Waals surface area contributed by atoms with Gasteiger partial charge in [0.25, 0.3) is 0 Å². The van der Waals surface area contributed by atoms with E-state index in [1.807, 2.05) is 18.2 Å². The van der Waals surface area contributed by atoms with Gasteiger partial charge in [-0.15, -0.1) is 5.10 Å². The zero-order chi connectivity index (χ0) is 12.4. The van der Waals surface area contributed by atoms with Crippen LogP contribution >= 0.6 is 31.9 Å². The predicted octanol–water partition coefficient (Wildman–Crippen LogP) is 2.42. The lowest BCUT2D eigenvalue weighted by Crippen LogP contribution is -2.09. The summed E-state index contributed by atoms with van der Waals surface area (Å²) in [5.41, 5.74) is 1.26. The summed E-state index contributed by atoms with van der Waals surface area (Å²) < 4.78 is 3.12. The van der Waals surface area contributed by atoms with Gasteiger partial charge in [0.05, 0.1) is 24.0 Å². The summed E-state index contributed by atoms with van der Waals surface area (Å²) in [6, 6.07) is 5.57. The van der Waals surface area contributed by atoms with Crippen LogP contribution in [-0.4, -0.2) is 26.1 Å². The lowest BCUT2D eigenvalue weighted by atomic mass is 10.3. The molecule has 7 heteroatoms. The first-order valence-electron chi connectivity index (χ1n) is 4.65. The van der Waals surface area contributed by atoms with Crippen LogP contribution in [-0.2, 0) is 11.2 Å². The van der Waals surface area contributed by atoms with E-state index in [0.717, 1.165) is 14.6 Å². The minimum atomic E-state index is -0.920. The van der Waals surface area contributed by atoms with E-state index < -0.39 is 5.97 Å². The van der Waals surface area contributed by atoms with E-state index in [1.165, 1.54) is 10.9 Å². The summed E-state index contributed by atoms with van der Waals surface area (Å²) in [5, 5.41) is 16.4. The third kappa shape index (κ3) is 2.55. The molecule has 0 radical (unpaired) electrons. The molecule has 1 heterocycles. The molecule has 1 N–H and O–H groups in total. The Balaban J connectivity index is 2.53. The van der Waals surface area contributed by atoms with E-state index in [-0.39, 0.29) is 6.42 Å². The predicted molar refractivity (Wildman–Crippen MR) is 68.1 cm³/mol. The Hall–Kier alpha value is -1.21. The Kier molecular flexibility index (Phi) is 3.58. The third-order valence-electron chi connectivity index (χ3n) is 2.10. The smallest absolute Gasteiger partial charge is 0.309 e. The highest BCUT2D eigenvalue weighted by Crippen LogP contribution is 2.29. The Morgan fingerprint density at radius 3 is 2.59 bits per heavy atom. The SMILES string of the molecule is O=C(O)Cc1cnnn1-c1c(Br)cccc1Br. The van der Waals surface area contributed by atoms with Crippen LogP contribution in [0.2, 0.25) is 0 Å². The molecule has 0 saturated heterocycles. The van der Waals surface area contributed by atoms with Crippen LogP contribution < -0.4 is 0 Å². The van der Waals surface area contributed by atoms with Crippen molar-refractivity contribution in [3.8, 4) is 5.69 Å². The number of carboxylic acids is 1. The van der Waals surface area contributed by atoms with Gasteiger partial charge in [0.1, 0.15) is 0 Å². The van der Waals surface area contributed by atoms with Gasteiger partial charge in [-0.3, -0.25) is 4.79 Å². The summed E-state index contributed by atoms with van der Waals surface area (Å²) in [4.78, 5) is 10.7. The second kappa shape index (κ2) is 4.97. The molecule has 0 aliphatic carbocycles. The van der Waals surface area contributed by atoms with Gasteiger partial charge < -0.3 is 5.11 Å². The van der Waals surface area contributed by atoms with Crippen molar-refractivity contribution >= 4 is 37.8 Å². The van der Waals surface area contributed by atoms with E-state index in [9.17, 15) is 4.79 Å². The van der Waals surface area contributed by atoms with Gasteiger partial charge in [0.2, 0.25) is 0 Å². The summed E-state index contributed by atoms with van der Waals surface area (Å²) >= 11 is 6.81. The highest BCUT2D eigenvalue weighted by atomic mass is 79.9. The van der Waals surface area contributed by atoms with Crippen molar-refractivity contribution in [2.24, 2.45) is 0 Å². The number of halogens is 2. The summed E-state index contributed by atoms with van der Waals surface area (Å²) in [6.07, 6.45) is 1.32. The maximum absolute atomic E-state index is 10.7. The van der Waals surface area contributed by atoms with Crippen LogP contribution in [0.1, 0.15) is 5.69 Å². The van der Waals surface area contributed by atoms with E-state index in [2.05, 4.69) is 42.2 Å². The van der Waals surface area contributed by atoms with Crippen LogP contribution in [0.25, 0.3) is 5.69 Å². The number of aromatic nitrogens is 3. The molecular weight excluding hydrogens is 354 g/mol. The molecule has 0 atom stereocenters. The zero-order valence-corrected chi connectivity index (χ0v) is 11.6. The largest absolute Gasteiger partial charge is 0.481 e. The number of hydrogen-bond donors (Lipinski definition) is 1. The van der Waals surface area contributed by atoms with E-state index >= 15 is 0 Å². The Bertz CT molecular complexity index is 548. The van der Waals surface area contributed by atoms with Gasteiger partial charge in [-0.05, 0) is 44.0 Å². The van der Waals surface area contributed by atoms with E-state index in [4.69, 9.17) is 5.11 Å². The first-order valence-corrected chi connectivity index (χ1v) is 6.24. The van der Waals surface area contributed by atoms with Crippen molar-refractivity contribution in [3.63, 3.8) is 0 Å². The second-order valence-electron chi connectivity index (χ2n) is 3.28. The van der Waals surface area contributed by atoms with Crippen LogP contribution in [0.15, 0.2) is 33.3 Å². The first kappa shape index (κ1) is 12.3. The average Bonchev–Trinajstić information content (AvgIpc) is 2.65. The summed E-state index contributed by atoms with van der Waals surface area (Å²) in [6.45, 7) is 0. The highest BCUT2D eigenvalue weighted by molar-refractivity contribution is 9.11. The van der Waals surface area contributed by atoms with Crippen LogP contribution in [0.5, 0.6) is 0 Å². The molecule has 5 nitrogen and oxygen atoms in total. The third-order valence-corrected chi connectivity index (χ3v) is 3.38. The van der Waals surface area contributed by atoms with Gasteiger partial charge in [-0.25, -0.2) is 4.68 Å². The number of carbonyl (C=O) groups is 1. The lowest BCUT2D eigenvalue weighted by molar-refractivity contribution is -0.136. The molecule has 0 aliphatic rings. The van der Waals surface area contributed by atoms with Crippen molar-refractivity contribution in [3.05, 3.63) is 39.0 Å². The molecule has 0 bridgehead atoms. The molecule has 0 fully saturated rings. The summed E-state index contributed by atoms with van der Waals surface area (Å²) in [5.74, 6) is -0.920. The van der Waals surface area contributed by atoms with Crippen molar-refractivity contribution < 1.29 is 9.90 Å². The standard InChI is InChI=1S/C10H7Br2N3O2/c11-7-2-1-3-8(12)10(7)15-6(4-9(16)17)5-13-14-15/h1-3,5H,4H2,(H,16,17). The number of rotatable bonds is 3. The number of nitrogens with zero attached hydrogens (tertiary/aromatic N) is 3. The number of carboxylic acid groups (broad SMARTS) is 1. The fourth-order valence-electron chi connectivity index (χ4n) is 1.41. The molecule has 0 spiro atoms. The van der Waals surface area contributed by atoms with Gasteiger partial charge in [0.15, 0.2) is 0 Å². The van der Waals surface area contributed by atoms with Crippen molar-refractivity contribution in [1.82, 2.24) is 15.0 Å². The number of hydrogen-bond acceptors (Lipinski definition) is 3. The van der Waals surface area contributed by atoms with Gasteiger partial charge in [-0.2, -0.15) is 0 Å². The van der Waals surface area contributed by atoms with Crippen LogP contribution in [0.3, 0.4) is 0 Å². The Morgan fingerprint density at radius 2 is 2.00 bits per heavy atom. The molecule has 1 aromatic heterocycles. The maximum Gasteiger partial charge on any atom is 0.309 e. The maximum atomic E-state index is 10.7. The van der Waals surface area contributed by atoms with E-state index in [0.29, 0.717) is 5.69 Å². The van der Waals surface area contributed by atoms with Crippen LogP contribution in [0.4, 0.5) is 0 Å². The fourth-order valence-corrected chi connectivity index (χ4v) is 2.75. The monoisotopic (exact) mass is 359 g/mol. The normalized spacial score (nSPS) is 10.5. The number of aliphatic carboxylic acids is 1. The minimum absolute atomic E-state index is 0.124. The number of benzene rings is 1. The van der Waals surface area contributed by atoms with Crippen molar-refractivity contribution in [2.75, 3.05) is 0 Å². The van der Waals surface area contributed by atoms with E-state index in [1.54, 1.807) is 0 Å².